The van der Waals surface area contributed by atoms with E-state index in [4.69, 9.17) is 21.8 Å². The van der Waals surface area contributed by atoms with Gasteiger partial charge in [-0.05, 0) is 30.3 Å². The summed E-state index contributed by atoms with van der Waals surface area (Å²) in [4.78, 5) is 4.74. The average molecular weight is 298 g/mol. The van der Waals surface area contributed by atoms with Gasteiger partial charge in [-0.2, -0.15) is 0 Å². The zero-order chi connectivity index (χ0) is 14.4. The van der Waals surface area contributed by atoms with Crippen molar-refractivity contribution < 1.29 is 5.21 Å². The van der Waals surface area contributed by atoms with Gasteiger partial charge in [-0.3, -0.25) is 0 Å². The summed E-state index contributed by atoms with van der Waals surface area (Å²) in [5.41, 5.74) is 4.65. The van der Waals surface area contributed by atoms with Gasteiger partial charge >= 0.3 is 0 Å². The summed E-state index contributed by atoms with van der Waals surface area (Å²) < 4.78 is 2.18. The molecule has 0 spiro atoms. The maximum absolute atomic E-state index is 9.17. The molecule has 0 unspecified atom stereocenters. The largest absolute Gasteiger partial charge is 0.411 e. The van der Waals surface area contributed by atoms with Crippen LogP contribution in [-0.4, -0.2) is 20.5 Å². The molecule has 0 fully saturated rings. The van der Waals surface area contributed by atoms with Crippen molar-refractivity contribution in [1.29, 1.82) is 0 Å². The lowest BCUT2D eigenvalue weighted by atomic mass is 10.0. The molecule has 1 aromatic heterocycles. The van der Waals surface area contributed by atoms with Gasteiger partial charge in [0, 0.05) is 29.1 Å². The van der Waals surface area contributed by atoms with Gasteiger partial charge in [0.1, 0.15) is 5.82 Å². The quantitative estimate of drug-likeness (QED) is 0.546. The molecule has 0 saturated carbocycles. The summed E-state index contributed by atoms with van der Waals surface area (Å²) >= 11 is 5.96. The second-order valence-corrected chi connectivity index (χ2v) is 5.50. The third-order valence-electron chi connectivity index (χ3n) is 3.87. The molecule has 2 heterocycles. The van der Waals surface area contributed by atoms with Crippen molar-refractivity contribution in [2.75, 3.05) is 0 Å². The number of hydrogen-bond donors (Lipinski definition) is 1. The molecule has 0 atom stereocenters. The second kappa shape index (κ2) is 4.60. The highest BCUT2D eigenvalue weighted by Crippen LogP contribution is 2.31. The summed E-state index contributed by atoms with van der Waals surface area (Å²) in [6.07, 6.45) is 0.694. The van der Waals surface area contributed by atoms with Crippen LogP contribution in [0, 0.1) is 0 Å². The molecular formula is C16H12ClN3O. The number of para-hydroxylation sites is 1. The number of benzene rings is 2. The van der Waals surface area contributed by atoms with E-state index in [1.807, 2.05) is 42.5 Å². The molecule has 0 aliphatic carbocycles. The van der Waals surface area contributed by atoms with E-state index in [9.17, 15) is 0 Å². The number of nitrogens with zero attached hydrogens (tertiary/aromatic N) is 3. The van der Waals surface area contributed by atoms with Crippen molar-refractivity contribution in [2.45, 2.75) is 13.0 Å². The van der Waals surface area contributed by atoms with E-state index in [-0.39, 0.29) is 0 Å². The normalized spacial score (nSPS) is 15.8. The highest BCUT2D eigenvalue weighted by atomic mass is 35.5. The van der Waals surface area contributed by atoms with Gasteiger partial charge in [-0.15, -0.1) is 0 Å². The van der Waals surface area contributed by atoms with Crippen LogP contribution in [-0.2, 0) is 6.54 Å². The maximum atomic E-state index is 9.17. The first-order valence-electron chi connectivity index (χ1n) is 6.74. The summed E-state index contributed by atoms with van der Waals surface area (Å²) in [6.45, 7) is 0.755. The number of rotatable bonds is 1. The van der Waals surface area contributed by atoms with Crippen molar-refractivity contribution >= 4 is 28.3 Å². The number of hydrogen-bond acceptors (Lipinski definition) is 3. The molecule has 104 valence electrons. The van der Waals surface area contributed by atoms with Crippen molar-refractivity contribution in [2.24, 2.45) is 5.16 Å². The monoisotopic (exact) mass is 297 g/mol. The molecule has 4 rings (SSSR count). The lowest BCUT2D eigenvalue weighted by molar-refractivity contribution is 0.317. The fourth-order valence-electron chi connectivity index (χ4n) is 2.91. The van der Waals surface area contributed by atoms with Crippen LogP contribution in [0.4, 0.5) is 0 Å². The first-order valence-corrected chi connectivity index (χ1v) is 7.12. The van der Waals surface area contributed by atoms with E-state index < -0.39 is 0 Å². The van der Waals surface area contributed by atoms with Crippen LogP contribution < -0.4 is 0 Å². The van der Waals surface area contributed by atoms with Crippen molar-refractivity contribution in [3.63, 3.8) is 0 Å². The molecule has 1 aliphatic heterocycles. The lowest BCUT2D eigenvalue weighted by Gasteiger charge is -2.17. The van der Waals surface area contributed by atoms with Crippen LogP contribution in [0.2, 0.25) is 5.02 Å². The molecule has 21 heavy (non-hydrogen) atoms. The van der Waals surface area contributed by atoms with Crippen LogP contribution in [0.25, 0.3) is 22.4 Å². The number of halogens is 1. The predicted molar refractivity (Wildman–Crippen MR) is 83.1 cm³/mol. The Labute approximate surface area is 126 Å². The van der Waals surface area contributed by atoms with Crippen LogP contribution in [0.5, 0.6) is 0 Å². The molecular weight excluding hydrogens is 286 g/mol. The van der Waals surface area contributed by atoms with Crippen LogP contribution in [0.1, 0.15) is 12.0 Å². The SMILES string of the molecule is O/N=C1\CCn2c(-c3ccc(Cl)cc3)nc3cccc1c32. The highest BCUT2D eigenvalue weighted by molar-refractivity contribution is 6.30. The number of oxime groups is 1. The smallest absolute Gasteiger partial charge is 0.141 e. The van der Waals surface area contributed by atoms with E-state index in [1.165, 1.54) is 0 Å². The number of aryl methyl sites for hydroxylation is 1. The van der Waals surface area contributed by atoms with Gasteiger partial charge in [-0.25, -0.2) is 4.98 Å². The van der Waals surface area contributed by atoms with E-state index in [1.54, 1.807) is 0 Å². The Kier molecular flexibility index (Phi) is 2.72. The van der Waals surface area contributed by atoms with Crippen LogP contribution in [0.15, 0.2) is 47.6 Å². The molecule has 5 heteroatoms. The van der Waals surface area contributed by atoms with E-state index in [2.05, 4.69) is 9.72 Å². The number of imidazole rings is 1. The first-order chi connectivity index (χ1) is 10.3. The fraction of sp³-hybridized carbons (Fsp3) is 0.125. The molecule has 2 aromatic carbocycles. The number of aromatic nitrogens is 2. The maximum Gasteiger partial charge on any atom is 0.141 e. The third-order valence-corrected chi connectivity index (χ3v) is 4.12. The lowest BCUT2D eigenvalue weighted by Crippen LogP contribution is -2.15. The molecule has 1 aliphatic rings. The molecule has 3 aromatic rings. The zero-order valence-electron chi connectivity index (χ0n) is 11.1. The Morgan fingerprint density at radius 2 is 1.95 bits per heavy atom. The molecule has 0 amide bonds. The van der Waals surface area contributed by atoms with Gasteiger partial charge in [0.2, 0.25) is 0 Å². The van der Waals surface area contributed by atoms with Crippen LogP contribution >= 0.6 is 11.6 Å². The average Bonchev–Trinajstić information content (AvgIpc) is 2.89. The molecule has 1 N–H and O–H groups in total. The van der Waals surface area contributed by atoms with E-state index >= 15 is 0 Å². The Hall–Kier alpha value is -2.33. The predicted octanol–water partition coefficient (Wildman–Crippen LogP) is 3.94. The van der Waals surface area contributed by atoms with Gasteiger partial charge in [0.15, 0.2) is 0 Å². The molecule has 0 saturated heterocycles. The summed E-state index contributed by atoms with van der Waals surface area (Å²) in [6, 6.07) is 13.6. The Morgan fingerprint density at radius 3 is 2.71 bits per heavy atom. The van der Waals surface area contributed by atoms with Crippen molar-refractivity contribution in [3.8, 4) is 11.4 Å². The Morgan fingerprint density at radius 1 is 1.14 bits per heavy atom. The van der Waals surface area contributed by atoms with Crippen LogP contribution in [0.3, 0.4) is 0 Å². The second-order valence-electron chi connectivity index (χ2n) is 5.06. The standard InChI is InChI=1S/C16H12ClN3O/c17-11-6-4-10(5-7-11)16-18-14-3-1-2-12-13(19-21)8-9-20(16)15(12)14/h1-7,21H,8-9H2/b19-13+. The van der Waals surface area contributed by atoms with E-state index in [0.29, 0.717) is 11.4 Å². The van der Waals surface area contributed by atoms with Crippen molar-refractivity contribution in [3.05, 3.63) is 53.1 Å². The van der Waals surface area contributed by atoms with Gasteiger partial charge in [-0.1, -0.05) is 28.9 Å². The fourth-order valence-corrected chi connectivity index (χ4v) is 3.04. The van der Waals surface area contributed by atoms with E-state index in [0.717, 1.165) is 40.2 Å². The highest BCUT2D eigenvalue weighted by Gasteiger charge is 2.22. The molecule has 0 bridgehead atoms. The zero-order valence-corrected chi connectivity index (χ0v) is 11.9. The van der Waals surface area contributed by atoms with Gasteiger partial charge in [0.05, 0.1) is 16.7 Å². The van der Waals surface area contributed by atoms with Gasteiger partial charge < -0.3 is 9.77 Å². The minimum absolute atomic E-state index is 0.694. The third kappa shape index (κ3) is 1.83. The summed E-state index contributed by atoms with van der Waals surface area (Å²) in [7, 11) is 0. The first kappa shape index (κ1) is 12.4. The summed E-state index contributed by atoms with van der Waals surface area (Å²) in [5, 5.41) is 13.3. The summed E-state index contributed by atoms with van der Waals surface area (Å²) in [5.74, 6) is 0.922. The minimum Gasteiger partial charge on any atom is -0.411 e. The topological polar surface area (TPSA) is 50.4 Å². The minimum atomic E-state index is 0.694. The Balaban J connectivity index is 2.01. The van der Waals surface area contributed by atoms with Gasteiger partial charge in [0.25, 0.3) is 0 Å². The Bertz CT molecular complexity index is 865. The molecule has 0 radical (unpaired) electrons. The van der Waals surface area contributed by atoms with Crippen molar-refractivity contribution in [1.82, 2.24) is 9.55 Å². The molecule has 4 nitrogen and oxygen atoms in total.